The van der Waals surface area contributed by atoms with E-state index >= 15 is 0 Å². The van der Waals surface area contributed by atoms with Gasteiger partial charge in [0, 0.05) is 12.8 Å². The molecule has 12 heteroatoms. The fraction of sp³-hybridized carbons (Fsp3) is 0.571. The standard InChI is InChI=1S/C14H10Cl8O4/c15-11(16)3-1-7(13(19,20)5-11)9(23)25-26-10(24)8-2-4-12(17,18)6-14(8,21)22/h1-4,7-8H,5-6H2. The molecule has 146 valence electrons. The van der Waals surface area contributed by atoms with Gasteiger partial charge in [-0.15, -0.1) is 46.4 Å². The minimum atomic E-state index is -1.66. The lowest BCUT2D eigenvalue weighted by Crippen LogP contribution is -2.42. The van der Waals surface area contributed by atoms with Gasteiger partial charge in [0.15, 0.2) is 0 Å². The number of hydrogen-bond donors (Lipinski definition) is 0. The summed E-state index contributed by atoms with van der Waals surface area (Å²) in [5.41, 5.74) is 0. The SMILES string of the molecule is O=C(OOC(=O)C1C=CC(Cl)(Cl)CC1(Cl)Cl)C1C=CC(Cl)(Cl)CC1(Cl)Cl. The van der Waals surface area contributed by atoms with Gasteiger partial charge in [-0.05, 0) is 0 Å². The summed E-state index contributed by atoms with van der Waals surface area (Å²) in [6, 6.07) is 0. The van der Waals surface area contributed by atoms with Gasteiger partial charge in [-0.3, -0.25) is 0 Å². The molecule has 0 fully saturated rings. The molecule has 0 radical (unpaired) electrons. The van der Waals surface area contributed by atoms with Crippen molar-refractivity contribution in [3.8, 4) is 0 Å². The van der Waals surface area contributed by atoms with E-state index in [9.17, 15) is 9.59 Å². The predicted octanol–water partition coefficient (Wildman–Crippen LogP) is 5.84. The van der Waals surface area contributed by atoms with Gasteiger partial charge >= 0.3 is 11.9 Å². The highest BCUT2D eigenvalue weighted by atomic mass is 35.5. The third-order valence-corrected chi connectivity index (χ3v) is 6.15. The molecule has 2 rings (SSSR count). The summed E-state index contributed by atoms with van der Waals surface area (Å²) >= 11 is 48.0. The predicted molar refractivity (Wildman–Crippen MR) is 104 cm³/mol. The molecular formula is C14H10Cl8O4. The monoisotopic (exact) mass is 522 g/mol. The minimum Gasteiger partial charge on any atom is -0.247 e. The van der Waals surface area contributed by atoms with Crippen molar-refractivity contribution in [2.45, 2.75) is 30.2 Å². The van der Waals surface area contributed by atoms with Crippen molar-refractivity contribution >= 4 is 105 Å². The second kappa shape index (κ2) is 7.87. The van der Waals surface area contributed by atoms with Crippen LogP contribution in [0.1, 0.15) is 12.8 Å². The lowest BCUT2D eigenvalue weighted by atomic mass is 9.94. The van der Waals surface area contributed by atoms with Crippen molar-refractivity contribution in [3.05, 3.63) is 24.3 Å². The minimum absolute atomic E-state index is 0.151. The maximum atomic E-state index is 12.1. The Kier molecular flexibility index (Phi) is 6.97. The van der Waals surface area contributed by atoms with E-state index in [2.05, 4.69) is 9.78 Å². The molecule has 0 aromatic carbocycles. The molecule has 26 heavy (non-hydrogen) atoms. The van der Waals surface area contributed by atoms with Crippen LogP contribution in [-0.2, 0) is 19.4 Å². The van der Waals surface area contributed by atoms with Crippen LogP contribution in [0.25, 0.3) is 0 Å². The van der Waals surface area contributed by atoms with E-state index in [1.165, 1.54) is 24.3 Å². The maximum Gasteiger partial charge on any atom is 0.365 e. The van der Waals surface area contributed by atoms with Crippen LogP contribution in [0.3, 0.4) is 0 Å². The molecular weight excluding hydrogens is 516 g/mol. The van der Waals surface area contributed by atoms with Crippen LogP contribution in [0.5, 0.6) is 0 Å². The zero-order valence-corrected chi connectivity index (χ0v) is 18.6. The number of alkyl halides is 8. The summed E-state index contributed by atoms with van der Waals surface area (Å²) in [5.74, 6) is -4.38. The van der Waals surface area contributed by atoms with Crippen molar-refractivity contribution in [2.24, 2.45) is 11.8 Å². The van der Waals surface area contributed by atoms with Crippen molar-refractivity contribution in [1.29, 1.82) is 0 Å². The molecule has 0 aromatic rings. The van der Waals surface area contributed by atoms with Gasteiger partial charge < -0.3 is 0 Å². The lowest BCUT2D eigenvalue weighted by molar-refractivity contribution is -0.264. The fourth-order valence-electron chi connectivity index (χ4n) is 2.41. The average Bonchev–Trinajstić information content (AvgIpc) is 2.40. The van der Waals surface area contributed by atoms with Crippen LogP contribution < -0.4 is 0 Å². The highest BCUT2D eigenvalue weighted by Crippen LogP contribution is 2.49. The molecule has 2 aliphatic rings. The molecule has 0 heterocycles. The van der Waals surface area contributed by atoms with E-state index < -0.39 is 41.1 Å². The molecule has 0 amide bonds. The van der Waals surface area contributed by atoms with Crippen LogP contribution in [0, 0.1) is 11.8 Å². The van der Waals surface area contributed by atoms with E-state index in [4.69, 9.17) is 92.8 Å². The zero-order valence-electron chi connectivity index (χ0n) is 12.5. The van der Waals surface area contributed by atoms with Gasteiger partial charge in [0.2, 0.25) is 0 Å². The smallest absolute Gasteiger partial charge is 0.247 e. The summed E-state index contributed by atoms with van der Waals surface area (Å²) in [7, 11) is 0. The normalized spacial score (nSPS) is 30.5. The first-order valence-corrected chi connectivity index (χ1v) is 10.00. The summed E-state index contributed by atoms with van der Waals surface area (Å²) in [5, 5.41) is 0. The second-order valence-electron chi connectivity index (χ2n) is 5.88. The number of hydrogen-bond acceptors (Lipinski definition) is 4. The van der Waals surface area contributed by atoms with Crippen molar-refractivity contribution < 1.29 is 19.4 Å². The largest absolute Gasteiger partial charge is 0.365 e. The Labute approximate surface area is 189 Å². The molecule has 2 atom stereocenters. The number of halogens is 8. The van der Waals surface area contributed by atoms with Gasteiger partial charge in [0.1, 0.15) is 29.2 Å². The van der Waals surface area contributed by atoms with Crippen LogP contribution in [0.15, 0.2) is 24.3 Å². The van der Waals surface area contributed by atoms with E-state index in [1.54, 1.807) is 0 Å². The van der Waals surface area contributed by atoms with E-state index in [-0.39, 0.29) is 12.8 Å². The highest BCUT2D eigenvalue weighted by Gasteiger charge is 2.50. The lowest BCUT2D eigenvalue weighted by Gasteiger charge is -2.35. The molecule has 0 aromatic heterocycles. The number of carbonyl (C=O) groups excluding carboxylic acids is 2. The third kappa shape index (κ3) is 5.64. The first-order valence-electron chi connectivity index (χ1n) is 6.97. The summed E-state index contributed by atoms with van der Waals surface area (Å²) in [6.45, 7) is 0. The van der Waals surface area contributed by atoms with E-state index in [1.807, 2.05) is 0 Å². The number of rotatable bonds is 2. The Morgan fingerprint density at radius 1 is 0.692 bits per heavy atom. The topological polar surface area (TPSA) is 52.6 Å². The van der Waals surface area contributed by atoms with Gasteiger partial charge in [-0.2, -0.15) is 0 Å². The number of carbonyl (C=O) groups is 2. The van der Waals surface area contributed by atoms with Crippen molar-refractivity contribution in [2.75, 3.05) is 0 Å². The quantitative estimate of drug-likeness (QED) is 0.197. The molecule has 2 unspecified atom stereocenters. The molecule has 0 N–H and O–H groups in total. The van der Waals surface area contributed by atoms with Gasteiger partial charge in [0.05, 0.1) is 0 Å². The van der Waals surface area contributed by atoms with Gasteiger partial charge in [-0.25, -0.2) is 19.4 Å². The Balaban J connectivity index is 2.03. The Morgan fingerprint density at radius 3 is 1.27 bits per heavy atom. The van der Waals surface area contributed by atoms with E-state index in [0.717, 1.165) is 0 Å². The third-order valence-electron chi connectivity index (χ3n) is 3.63. The first-order chi connectivity index (χ1) is 11.7. The van der Waals surface area contributed by atoms with Crippen molar-refractivity contribution in [3.63, 3.8) is 0 Å². The van der Waals surface area contributed by atoms with E-state index in [0.29, 0.717) is 0 Å². The van der Waals surface area contributed by atoms with Crippen molar-refractivity contribution in [1.82, 2.24) is 0 Å². The Bertz CT molecular complexity index is 599. The molecule has 0 spiro atoms. The summed E-state index contributed by atoms with van der Waals surface area (Å²) in [6.07, 6.45) is 4.90. The van der Waals surface area contributed by atoms with Crippen LogP contribution in [0.2, 0.25) is 0 Å². The molecule has 0 saturated heterocycles. The van der Waals surface area contributed by atoms with Crippen LogP contribution in [0.4, 0.5) is 0 Å². The average molecular weight is 526 g/mol. The molecule has 4 nitrogen and oxygen atoms in total. The molecule has 0 bridgehead atoms. The molecule has 0 saturated carbocycles. The molecule has 2 aliphatic carbocycles. The Hall–Kier alpha value is 0.740. The molecule has 0 aliphatic heterocycles. The number of allylic oxidation sites excluding steroid dienone is 2. The fourth-order valence-corrected chi connectivity index (χ4v) is 5.58. The summed E-state index contributed by atoms with van der Waals surface area (Å²) in [4.78, 5) is 33.4. The van der Waals surface area contributed by atoms with Gasteiger partial charge in [-0.1, -0.05) is 70.7 Å². The Morgan fingerprint density at radius 2 is 1.00 bits per heavy atom. The zero-order chi connectivity index (χ0) is 20.0. The maximum absolute atomic E-state index is 12.1. The second-order valence-corrected chi connectivity index (χ2v) is 12.0. The van der Waals surface area contributed by atoms with Crippen LogP contribution >= 0.6 is 92.8 Å². The van der Waals surface area contributed by atoms with Crippen LogP contribution in [-0.4, -0.2) is 29.3 Å². The summed E-state index contributed by atoms with van der Waals surface area (Å²) < 4.78 is -6.00. The highest BCUT2D eigenvalue weighted by molar-refractivity contribution is 6.55. The van der Waals surface area contributed by atoms with Gasteiger partial charge in [0.25, 0.3) is 0 Å². The first kappa shape index (κ1) is 23.0.